The molecule has 0 saturated carbocycles. The normalized spacial score (nSPS) is 24.2. The molecule has 1 atom stereocenters. The lowest BCUT2D eigenvalue weighted by Gasteiger charge is -2.24. The van der Waals surface area contributed by atoms with Crippen LogP contribution in [0.2, 0.25) is 0 Å². The van der Waals surface area contributed by atoms with Gasteiger partial charge in [-0.3, -0.25) is 0 Å². The molecule has 1 aliphatic rings. The van der Waals surface area contributed by atoms with Crippen molar-refractivity contribution in [3.05, 3.63) is 12.2 Å². The zero-order valence-corrected chi connectivity index (χ0v) is 7.32. The van der Waals surface area contributed by atoms with E-state index in [1.54, 1.807) is 0 Å². The highest BCUT2D eigenvalue weighted by Crippen LogP contribution is 2.16. The van der Waals surface area contributed by atoms with Gasteiger partial charge < -0.3 is 9.88 Å². The first-order chi connectivity index (χ1) is 5.88. The van der Waals surface area contributed by atoms with E-state index in [0.717, 1.165) is 18.9 Å². The maximum Gasteiger partial charge on any atom is 0.129 e. The van der Waals surface area contributed by atoms with Gasteiger partial charge in [-0.1, -0.05) is 0 Å². The zero-order chi connectivity index (χ0) is 8.39. The van der Waals surface area contributed by atoms with Crippen LogP contribution in [0.25, 0.3) is 0 Å². The van der Waals surface area contributed by atoms with Crippen LogP contribution in [0.3, 0.4) is 0 Å². The van der Waals surface area contributed by atoms with E-state index in [1.165, 1.54) is 12.8 Å². The van der Waals surface area contributed by atoms with Gasteiger partial charge >= 0.3 is 0 Å². The molecule has 4 nitrogen and oxygen atoms in total. The number of hydrogen-bond donors (Lipinski definition) is 1. The summed E-state index contributed by atoms with van der Waals surface area (Å²) in [7, 11) is 0. The van der Waals surface area contributed by atoms with Crippen LogP contribution in [0.15, 0.2) is 6.33 Å². The van der Waals surface area contributed by atoms with E-state index in [1.807, 2.05) is 13.3 Å². The second-order valence-electron chi connectivity index (χ2n) is 3.29. The summed E-state index contributed by atoms with van der Waals surface area (Å²) in [5, 5.41) is 11.2. The monoisotopic (exact) mass is 166 g/mol. The summed E-state index contributed by atoms with van der Waals surface area (Å²) in [6, 6.07) is 0.564. The Morgan fingerprint density at radius 3 is 3.17 bits per heavy atom. The highest BCUT2D eigenvalue weighted by Gasteiger charge is 2.15. The van der Waals surface area contributed by atoms with E-state index < -0.39 is 0 Å². The smallest absolute Gasteiger partial charge is 0.129 e. The first-order valence-electron chi connectivity index (χ1n) is 4.45. The van der Waals surface area contributed by atoms with Crippen molar-refractivity contribution in [1.82, 2.24) is 20.1 Å². The minimum Gasteiger partial charge on any atom is -0.315 e. The molecule has 0 radical (unpaired) electrons. The van der Waals surface area contributed by atoms with Gasteiger partial charge in [-0.05, 0) is 26.3 Å². The van der Waals surface area contributed by atoms with Crippen molar-refractivity contribution in [1.29, 1.82) is 0 Å². The number of rotatable bonds is 1. The third-order valence-corrected chi connectivity index (χ3v) is 2.42. The fourth-order valence-electron chi connectivity index (χ4n) is 1.73. The molecular formula is C8H14N4. The second kappa shape index (κ2) is 3.23. The van der Waals surface area contributed by atoms with Gasteiger partial charge in [0.2, 0.25) is 0 Å². The van der Waals surface area contributed by atoms with Gasteiger partial charge in [0.15, 0.2) is 0 Å². The summed E-state index contributed by atoms with van der Waals surface area (Å²) in [5.41, 5.74) is 0. The quantitative estimate of drug-likeness (QED) is 0.661. The third kappa shape index (κ3) is 1.34. The first-order valence-corrected chi connectivity index (χ1v) is 4.45. The lowest BCUT2D eigenvalue weighted by molar-refractivity contribution is 0.366. The molecule has 2 heterocycles. The van der Waals surface area contributed by atoms with E-state index >= 15 is 0 Å². The van der Waals surface area contributed by atoms with Crippen molar-refractivity contribution >= 4 is 0 Å². The Hall–Kier alpha value is -0.900. The molecule has 0 amide bonds. The highest BCUT2D eigenvalue weighted by molar-refractivity contribution is 4.87. The van der Waals surface area contributed by atoms with Crippen molar-refractivity contribution in [3.8, 4) is 0 Å². The molecule has 1 unspecified atom stereocenters. The Kier molecular flexibility index (Phi) is 2.08. The Bertz CT molecular complexity index is 249. The van der Waals surface area contributed by atoms with Crippen LogP contribution in [-0.4, -0.2) is 27.9 Å². The number of nitrogens with zero attached hydrogens (tertiary/aromatic N) is 3. The summed E-state index contributed by atoms with van der Waals surface area (Å²) in [5.74, 6) is 1.02. The molecule has 0 spiro atoms. The maximum atomic E-state index is 3.98. The Morgan fingerprint density at radius 2 is 2.58 bits per heavy atom. The number of hydrogen-bond acceptors (Lipinski definition) is 3. The Morgan fingerprint density at radius 1 is 1.67 bits per heavy atom. The molecule has 4 heteroatoms. The van der Waals surface area contributed by atoms with E-state index in [4.69, 9.17) is 0 Å². The largest absolute Gasteiger partial charge is 0.315 e. The molecule has 1 fully saturated rings. The predicted octanol–water partition coefficient (Wildman–Crippen LogP) is 0.511. The highest BCUT2D eigenvalue weighted by atomic mass is 15.3. The van der Waals surface area contributed by atoms with E-state index in [0.29, 0.717) is 6.04 Å². The summed E-state index contributed by atoms with van der Waals surface area (Å²) in [6.45, 7) is 4.21. The molecule has 12 heavy (non-hydrogen) atoms. The minimum atomic E-state index is 0.564. The molecule has 1 aromatic rings. The molecule has 66 valence electrons. The number of aryl methyl sites for hydroxylation is 1. The van der Waals surface area contributed by atoms with Crippen LogP contribution in [0.1, 0.15) is 24.7 Å². The minimum absolute atomic E-state index is 0.564. The van der Waals surface area contributed by atoms with Crippen molar-refractivity contribution in [2.75, 3.05) is 13.1 Å². The van der Waals surface area contributed by atoms with Gasteiger partial charge in [-0.15, -0.1) is 10.2 Å². The number of aromatic nitrogens is 3. The summed E-state index contributed by atoms with van der Waals surface area (Å²) < 4.78 is 2.16. The number of nitrogens with one attached hydrogen (secondary N) is 1. The SMILES string of the molecule is Cc1nncn1C1CCCNC1. The molecule has 1 N–H and O–H groups in total. The molecule has 0 aliphatic carbocycles. The van der Waals surface area contributed by atoms with Crippen LogP contribution >= 0.6 is 0 Å². The topological polar surface area (TPSA) is 42.7 Å². The van der Waals surface area contributed by atoms with Crippen molar-refractivity contribution in [2.45, 2.75) is 25.8 Å². The van der Waals surface area contributed by atoms with E-state index in [-0.39, 0.29) is 0 Å². The average Bonchev–Trinajstić information content (AvgIpc) is 2.53. The number of piperidine rings is 1. The van der Waals surface area contributed by atoms with Gasteiger partial charge in [0.05, 0.1) is 0 Å². The van der Waals surface area contributed by atoms with Crippen LogP contribution in [-0.2, 0) is 0 Å². The molecule has 0 bridgehead atoms. The summed E-state index contributed by atoms with van der Waals surface area (Å²) >= 11 is 0. The van der Waals surface area contributed by atoms with Gasteiger partial charge in [0, 0.05) is 12.6 Å². The fourth-order valence-corrected chi connectivity index (χ4v) is 1.73. The second-order valence-corrected chi connectivity index (χ2v) is 3.29. The Labute approximate surface area is 72.0 Å². The van der Waals surface area contributed by atoms with E-state index in [2.05, 4.69) is 20.1 Å². The van der Waals surface area contributed by atoms with Crippen LogP contribution in [0.5, 0.6) is 0 Å². The zero-order valence-electron chi connectivity index (χ0n) is 7.32. The summed E-state index contributed by atoms with van der Waals surface area (Å²) in [4.78, 5) is 0. The third-order valence-electron chi connectivity index (χ3n) is 2.42. The molecular weight excluding hydrogens is 152 g/mol. The van der Waals surface area contributed by atoms with Crippen molar-refractivity contribution < 1.29 is 0 Å². The standard InChI is InChI=1S/C8H14N4/c1-7-11-10-6-12(7)8-3-2-4-9-5-8/h6,8-9H,2-5H2,1H3. The lowest BCUT2D eigenvalue weighted by Crippen LogP contribution is -2.31. The molecule has 2 rings (SSSR count). The maximum absolute atomic E-state index is 3.98. The van der Waals surface area contributed by atoms with Crippen LogP contribution in [0.4, 0.5) is 0 Å². The van der Waals surface area contributed by atoms with Gasteiger partial charge in [-0.2, -0.15) is 0 Å². The van der Waals surface area contributed by atoms with Gasteiger partial charge in [0.25, 0.3) is 0 Å². The van der Waals surface area contributed by atoms with Crippen LogP contribution in [0, 0.1) is 6.92 Å². The van der Waals surface area contributed by atoms with Crippen LogP contribution < -0.4 is 5.32 Å². The molecule has 0 aromatic carbocycles. The van der Waals surface area contributed by atoms with Gasteiger partial charge in [-0.25, -0.2) is 0 Å². The van der Waals surface area contributed by atoms with Crippen molar-refractivity contribution in [2.24, 2.45) is 0 Å². The van der Waals surface area contributed by atoms with Crippen molar-refractivity contribution in [3.63, 3.8) is 0 Å². The summed E-state index contributed by atoms with van der Waals surface area (Å²) in [6.07, 6.45) is 4.32. The first kappa shape index (κ1) is 7.73. The predicted molar refractivity (Wildman–Crippen MR) is 45.9 cm³/mol. The molecule has 1 aliphatic heterocycles. The fraction of sp³-hybridized carbons (Fsp3) is 0.750. The van der Waals surface area contributed by atoms with E-state index in [9.17, 15) is 0 Å². The van der Waals surface area contributed by atoms with Gasteiger partial charge in [0.1, 0.15) is 12.2 Å². The lowest BCUT2D eigenvalue weighted by atomic mass is 10.1. The molecule has 1 saturated heterocycles. The Balaban J connectivity index is 2.13. The average molecular weight is 166 g/mol. The molecule has 1 aromatic heterocycles.